The van der Waals surface area contributed by atoms with E-state index in [0.29, 0.717) is 29.5 Å². The molecule has 1 aromatic rings. The number of nitrogens with zero attached hydrogens (tertiary/aromatic N) is 5. The number of nitro groups is 1. The Hall–Kier alpha value is -2.27. The lowest BCUT2D eigenvalue weighted by Crippen LogP contribution is -2.61. The Balaban J connectivity index is 0.000000308. The minimum Gasteiger partial charge on any atom is -0.418 e. The molecule has 28 heavy (non-hydrogen) atoms. The normalized spacial score (nSPS) is 43.4. The smallest absolute Gasteiger partial charge is 0.418 e. The van der Waals surface area contributed by atoms with E-state index >= 15 is 0 Å². The van der Waals surface area contributed by atoms with Crippen molar-refractivity contribution in [3.05, 3.63) is 40.2 Å². The van der Waals surface area contributed by atoms with Gasteiger partial charge in [0.15, 0.2) is 5.21 Å². The Morgan fingerprint density at radius 1 is 1.18 bits per heavy atom. The van der Waals surface area contributed by atoms with Crippen LogP contribution in [0.15, 0.2) is 24.3 Å². The monoisotopic (exact) mass is 399 g/mol. The number of hydrogen-bond donors (Lipinski definition) is 0. The van der Waals surface area contributed by atoms with Crippen molar-refractivity contribution in [3.63, 3.8) is 0 Å². The van der Waals surface area contributed by atoms with Gasteiger partial charge in [-0.3, -0.25) is 10.1 Å². The van der Waals surface area contributed by atoms with Crippen molar-refractivity contribution in [1.82, 2.24) is 15.1 Å². The lowest BCUT2D eigenvalue weighted by Gasteiger charge is -2.42. The summed E-state index contributed by atoms with van der Waals surface area (Å²) >= 11 is 0. The summed E-state index contributed by atoms with van der Waals surface area (Å²) in [7, 11) is -4.19. The third kappa shape index (κ3) is 2.08. The van der Waals surface area contributed by atoms with Crippen LogP contribution < -0.4 is 4.68 Å². The third-order valence-electron chi connectivity index (χ3n) is 7.28. The number of hydrogen-bond acceptors (Lipinski definition) is 4. The van der Waals surface area contributed by atoms with Crippen molar-refractivity contribution in [3.8, 4) is 0 Å². The quantitative estimate of drug-likeness (QED) is 0.181. The first-order valence-electron chi connectivity index (χ1n) is 9.34. The molecule has 4 bridgehead atoms. The van der Waals surface area contributed by atoms with Crippen LogP contribution in [0.25, 0.3) is 0 Å². The minimum atomic E-state index is -6.00. The second-order valence-electron chi connectivity index (χ2n) is 8.38. The standard InChI is InChI=1S/C16H18N5O2.BF4/c1-19-15-16(21(22)23)11-5-4-9(7-11)13(16)12-8-2-3-10(6-8)14(12)20(15)18-17-19;2-1(3,4)5/h2-5,8-14H,6-7H2,1H3;/q+1;-1/t8-,9-,10+,11+,12-,13-,14-,16+;/m1./s1. The predicted octanol–water partition coefficient (Wildman–Crippen LogP) is 2.07. The highest BCUT2D eigenvalue weighted by Gasteiger charge is 2.79. The number of halogens is 4. The molecule has 6 rings (SSSR count). The molecule has 12 heteroatoms. The average molecular weight is 399 g/mol. The van der Waals surface area contributed by atoms with E-state index in [1.54, 1.807) is 11.7 Å². The summed E-state index contributed by atoms with van der Waals surface area (Å²) in [6, 6.07) is 0.250. The molecule has 0 radical (unpaired) electrons. The molecule has 0 spiro atoms. The van der Waals surface area contributed by atoms with Gasteiger partial charge >= 0.3 is 18.6 Å². The van der Waals surface area contributed by atoms with Gasteiger partial charge in [0.25, 0.3) is 0 Å². The lowest BCUT2D eigenvalue weighted by atomic mass is 9.62. The van der Waals surface area contributed by atoms with E-state index in [1.165, 1.54) is 0 Å². The molecular weight excluding hydrogens is 381 g/mol. The second kappa shape index (κ2) is 5.41. The fraction of sp³-hybridized carbons (Fsp3) is 0.688. The zero-order valence-corrected chi connectivity index (χ0v) is 14.9. The van der Waals surface area contributed by atoms with Crippen LogP contribution >= 0.6 is 0 Å². The van der Waals surface area contributed by atoms with Crippen molar-refractivity contribution in [2.45, 2.75) is 24.4 Å². The van der Waals surface area contributed by atoms with Crippen LogP contribution in [0.3, 0.4) is 0 Å². The highest BCUT2D eigenvalue weighted by Crippen LogP contribution is 2.68. The average Bonchev–Trinajstić information content (AvgIpc) is 3.38. The van der Waals surface area contributed by atoms with Gasteiger partial charge in [0.2, 0.25) is 0 Å². The summed E-state index contributed by atoms with van der Waals surface area (Å²) < 4.78 is 42.6. The fourth-order valence-corrected chi connectivity index (χ4v) is 6.76. The zero-order valence-electron chi connectivity index (χ0n) is 14.9. The van der Waals surface area contributed by atoms with Gasteiger partial charge < -0.3 is 17.3 Å². The van der Waals surface area contributed by atoms with Gasteiger partial charge in [-0.2, -0.15) is 0 Å². The van der Waals surface area contributed by atoms with Gasteiger partial charge in [-0.15, -0.1) is 4.68 Å². The molecule has 0 amide bonds. The molecule has 150 valence electrons. The Kier molecular flexibility index (Phi) is 3.44. The summed E-state index contributed by atoms with van der Waals surface area (Å²) in [6.07, 6.45) is 10.9. The first-order chi connectivity index (χ1) is 13.1. The maximum atomic E-state index is 12.4. The molecule has 7 nitrogen and oxygen atoms in total. The molecule has 8 atom stereocenters. The molecule has 4 aliphatic carbocycles. The number of allylic oxidation sites excluding steroid dienone is 3. The Morgan fingerprint density at radius 3 is 2.50 bits per heavy atom. The summed E-state index contributed by atoms with van der Waals surface area (Å²) in [6.45, 7) is 0. The number of aromatic nitrogens is 4. The van der Waals surface area contributed by atoms with E-state index in [0.717, 1.165) is 12.8 Å². The fourth-order valence-electron chi connectivity index (χ4n) is 6.76. The van der Waals surface area contributed by atoms with E-state index in [-0.39, 0.29) is 22.8 Å². The number of tetrazole rings is 1. The van der Waals surface area contributed by atoms with E-state index in [2.05, 4.69) is 34.7 Å². The molecule has 0 unspecified atom stereocenters. The van der Waals surface area contributed by atoms with E-state index in [9.17, 15) is 27.4 Å². The maximum Gasteiger partial charge on any atom is 0.673 e. The molecule has 2 saturated carbocycles. The molecule has 1 aromatic heterocycles. The summed E-state index contributed by atoms with van der Waals surface area (Å²) in [5.41, 5.74) is -1.04. The number of aryl methyl sites for hydroxylation is 1. The number of rotatable bonds is 1. The molecule has 2 heterocycles. The van der Waals surface area contributed by atoms with Crippen LogP contribution in [0, 0.1) is 45.6 Å². The van der Waals surface area contributed by atoms with E-state index < -0.39 is 12.8 Å². The van der Waals surface area contributed by atoms with E-state index in [1.807, 2.05) is 4.68 Å². The lowest BCUT2D eigenvalue weighted by molar-refractivity contribution is -0.766. The minimum absolute atomic E-state index is 0.00699. The zero-order chi connectivity index (χ0) is 20.0. The highest BCUT2D eigenvalue weighted by atomic mass is 19.5. The highest BCUT2D eigenvalue weighted by molar-refractivity contribution is 6.50. The van der Waals surface area contributed by atoms with Crippen molar-refractivity contribution in [2.24, 2.45) is 42.6 Å². The molecule has 5 aliphatic rings. The second-order valence-corrected chi connectivity index (χ2v) is 8.38. The first-order valence-corrected chi connectivity index (χ1v) is 9.34. The topological polar surface area (TPSA) is 77.7 Å². The van der Waals surface area contributed by atoms with Crippen molar-refractivity contribution >= 4 is 7.25 Å². The molecule has 0 saturated heterocycles. The van der Waals surface area contributed by atoms with Gasteiger partial charge in [0, 0.05) is 16.8 Å². The molecule has 2 fully saturated rings. The molecule has 1 aliphatic heterocycles. The van der Waals surface area contributed by atoms with Crippen molar-refractivity contribution in [1.29, 1.82) is 0 Å². The Labute approximate surface area is 157 Å². The van der Waals surface area contributed by atoms with Crippen LogP contribution in [-0.2, 0) is 12.6 Å². The molecule has 0 aromatic carbocycles. The maximum absolute atomic E-state index is 12.4. The van der Waals surface area contributed by atoms with Gasteiger partial charge in [-0.05, 0) is 24.7 Å². The summed E-state index contributed by atoms with van der Waals surface area (Å²) in [4.78, 5) is 12.4. The van der Waals surface area contributed by atoms with Crippen LogP contribution in [-0.4, -0.2) is 27.3 Å². The Morgan fingerprint density at radius 2 is 1.82 bits per heavy atom. The van der Waals surface area contributed by atoms with E-state index in [4.69, 9.17) is 0 Å². The Bertz CT molecular complexity index is 911. The van der Waals surface area contributed by atoms with Crippen LogP contribution in [0.4, 0.5) is 17.3 Å². The van der Waals surface area contributed by atoms with Crippen molar-refractivity contribution in [2.75, 3.05) is 0 Å². The van der Waals surface area contributed by atoms with Gasteiger partial charge in [0.1, 0.15) is 11.3 Å². The third-order valence-corrected chi connectivity index (χ3v) is 7.28. The van der Waals surface area contributed by atoms with Crippen LogP contribution in [0.5, 0.6) is 0 Å². The van der Waals surface area contributed by atoms with Gasteiger partial charge in [0.05, 0.1) is 18.9 Å². The first kappa shape index (κ1) is 17.8. The molecular formula is C16H18BF4N5O2. The van der Waals surface area contributed by atoms with Crippen molar-refractivity contribution < 1.29 is 26.9 Å². The SMILES string of the molecule is C[n+]1nnn2c1[C@@]1([N+](=O)[O-])[C@@H]([C@@H]3[C@H]2[C@H]2C=C[C@@H]3C2)[C@@H]2C=C[C@H]1C2.F[B-](F)(F)F. The van der Waals surface area contributed by atoms with Crippen LogP contribution in [0.2, 0.25) is 0 Å². The predicted molar refractivity (Wildman–Crippen MR) is 87.5 cm³/mol. The van der Waals surface area contributed by atoms with Gasteiger partial charge in [-0.1, -0.05) is 29.0 Å². The van der Waals surface area contributed by atoms with Gasteiger partial charge in [-0.25, -0.2) is 0 Å². The number of fused-ring (bicyclic) bond motifs is 14. The summed E-state index contributed by atoms with van der Waals surface area (Å²) in [5, 5.41) is 21.0. The summed E-state index contributed by atoms with van der Waals surface area (Å²) in [5.74, 6) is 2.34. The molecule has 0 N–H and O–H groups in total. The largest absolute Gasteiger partial charge is 0.673 e. The van der Waals surface area contributed by atoms with Crippen LogP contribution in [0.1, 0.15) is 24.7 Å².